The lowest BCUT2D eigenvalue weighted by atomic mass is 9.78. The molecule has 25 heavy (non-hydrogen) atoms. The second kappa shape index (κ2) is 6.26. The second-order valence-electron chi connectivity index (χ2n) is 7.02. The van der Waals surface area contributed by atoms with Crippen LogP contribution >= 0.6 is 11.3 Å². The maximum absolute atomic E-state index is 12.7. The van der Waals surface area contributed by atoms with E-state index in [0.29, 0.717) is 32.6 Å². The molecule has 0 aliphatic heterocycles. The highest BCUT2D eigenvalue weighted by Crippen LogP contribution is 2.30. The molecule has 0 spiro atoms. The van der Waals surface area contributed by atoms with Crippen LogP contribution in [0.1, 0.15) is 42.8 Å². The summed E-state index contributed by atoms with van der Waals surface area (Å²) in [4.78, 5) is 31.0. The molecule has 0 bridgehead atoms. The summed E-state index contributed by atoms with van der Waals surface area (Å²) in [5, 5.41) is 3.68. The van der Waals surface area contributed by atoms with E-state index in [9.17, 15) is 9.59 Å². The van der Waals surface area contributed by atoms with E-state index in [2.05, 4.69) is 24.1 Å². The number of pyridine rings is 1. The highest BCUT2D eigenvalue weighted by atomic mass is 32.1. The van der Waals surface area contributed by atoms with Crippen LogP contribution in [0.4, 0.5) is 0 Å². The topological polar surface area (TPSA) is 63.5 Å². The van der Waals surface area contributed by atoms with Crippen LogP contribution in [0.3, 0.4) is 0 Å². The molecule has 0 aromatic carbocycles. The molecule has 3 aromatic rings. The molecule has 5 nitrogen and oxygen atoms in total. The Morgan fingerprint density at radius 3 is 3.00 bits per heavy atom. The zero-order valence-corrected chi connectivity index (χ0v) is 15.2. The Bertz CT molecular complexity index is 1010. The number of aromatic nitrogens is 2. The standard InChI is InChI=1S/C19H21N3O2S/c1-11-6-5-7-14(12(11)2)20-17(23)15-10-13-18(25-15)21-16-8-3-4-9-22(16)19(13)24/h3-4,8-12,14H,5-7H2,1-2H3,(H,20,23)/t11-,12+,14-/m0/s1. The largest absolute Gasteiger partial charge is 0.348 e. The Labute approximate surface area is 149 Å². The SMILES string of the molecule is C[C@H]1[C@@H](NC(=O)c2cc3c(=O)n4ccccc4nc3s2)CCC[C@@H]1C. The number of fused-ring (bicyclic) bond motifs is 2. The molecule has 1 aliphatic rings. The van der Waals surface area contributed by atoms with Crippen molar-refractivity contribution in [2.45, 2.75) is 39.2 Å². The van der Waals surface area contributed by atoms with Crippen LogP contribution in [0.15, 0.2) is 35.3 Å². The quantitative estimate of drug-likeness (QED) is 0.766. The summed E-state index contributed by atoms with van der Waals surface area (Å²) in [7, 11) is 0. The van der Waals surface area contributed by atoms with Gasteiger partial charge in [0.2, 0.25) is 0 Å². The van der Waals surface area contributed by atoms with Gasteiger partial charge in [0.15, 0.2) is 0 Å². The predicted molar refractivity (Wildman–Crippen MR) is 100 cm³/mol. The van der Waals surface area contributed by atoms with Crippen molar-refractivity contribution in [1.82, 2.24) is 14.7 Å². The fourth-order valence-corrected chi connectivity index (χ4v) is 4.62. The molecule has 6 heteroatoms. The van der Waals surface area contributed by atoms with Crippen LogP contribution in [-0.2, 0) is 0 Å². The summed E-state index contributed by atoms with van der Waals surface area (Å²) in [6, 6.07) is 7.33. The van der Waals surface area contributed by atoms with Gasteiger partial charge >= 0.3 is 0 Å². The molecule has 0 unspecified atom stereocenters. The highest BCUT2D eigenvalue weighted by Gasteiger charge is 2.29. The van der Waals surface area contributed by atoms with Crippen LogP contribution in [0, 0.1) is 11.8 Å². The number of rotatable bonds is 2. The normalized spacial score (nSPS) is 23.8. The molecular formula is C19H21N3O2S. The fraction of sp³-hybridized carbons (Fsp3) is 0.421. The van der Waals surface area contributed by atoms with Gasteiger partial charge in [-0.3, -0.25) is 14.0 Å². The molecule has 0 saturated heterocycles. The van der Waals surface area contributed by atoms with Crippen LogP contribution in [-0.4, -0.2) is 21.3 Å². The predicted octanol–water partition coefficient (Wildman–Crippen LogP) is 3.46. The summed E-state index contributed by atoms with van der Waals surface area (Å²) in [6.45, 7) is 4.46. The van der Waals surface area contributed by atoms with Crippen molar-refractivity contribution in [2.24, 2.45) is 11.8 Å². The first kappa shape index (κ1) is 16.3. The molecule has 1 aliphatic carbocycles. The van der Waals surface area contributed by atoms with E-state index in [4.69, 9.17) is 0 Å². The number of carbonyl (C=O) groups excluding carboxylic acids is 1. The maximum atomic E-state index is 12.7. The Morgan fingerprint density at radius 2 is 2.16 bits per heavy atom. The van der Waals surface area contributed by atoms with Crippen LogP contribution in [0.5, 0.6) is 0 Å². The first-order valence-corrected chi connectivity index (χ1v) is 9.58. The van der Waals surface area contributed by atoms with Gasteiger partial charge in [-0.1, -0.05) is 32.8 Å². The van der Waals surface area contributed by atoms with Gasteiger partial charge in [0.05, 0.1) is 10.3 Å². The number of thiophene rings is 1. The maximum Gasteiger partial charge on any atom is 0.266 e. The highest BCUT2D eigenvalue weighted by molar-refractivity contribution is 7.20. The monoisotopic (exact) mass is 355 g/mol. The van der Waals surface area contributed by atoms with Crippen molar-refractivity contribution in [3.8, 4) is 0 Å². The van der Waals surface area contributed by atoms with Crippen LogP contribution < -0.4 is 10.9 Å². The number of nitrogens with one attached hydrogen (secondary N) is 1. The van der Waals surface area contributed by atoms with Crippen LogP contribution in [0.25, 0.3) is 15.9 Å². The third-order valence-electron chi connectivity index (χ3n) is 5.46. The minimum absolute atomic E-state index is 0.0950. The molecule has 1 saturated carbocycles. The smallest absolute Gasteiger partial charge is 0.266 e. The summed E-state index contributed by atoms with van der Waals surface area (Å²) in [5.41, 5.74) is 0.471. The van der Waals surface area contributed by atoms with E-state index in [1.54, 1.807) is 24.4 Å². The molecule has 1 fully saturated rings. The van der Waals surface area contributed by atoms with Crippen molar-refractivity contribution >= 4 is 33.1 Å². The van der Waals surface area contributed by atoms with E-state index < -0.39 is 0 Å². The van der Waals surface area contributed by atoms with E-state index in [1.165, 1.54) is 22.2 Å². The van der Waals surface area contributed by atoms with Gasteiger partial charge in [-0.2, -0.15) is 0 Å². The van der Waals surface area contributed by atoms with E-state index in [0.717, 1.165) is 12.8 Å². The van der Waals surface area contributed by atoms with E-state index in [1.807, 2.05) is 6.07 Å². The minimum Gasteiger partial charge on any atom is -0.348 e. The van der Waals surface area contributed by atoms with E-state index in [-0.39, 0.29) is 17.5 Å². The van der Waals surface area contributed by atoms with Crippen LogP contribution in [0.2, 0.25) is 0 Å². The van der Waals surface area contributed by atoms with Gasteiger partial charge in [0, 0.05) is 12.2 Å². The summed E-state index contributed by atoms with van der Waals surface area (Å²) < 4.78 is 1.52. The molecule has 130 valence electrons. The summed E-state index contributed by atoms with van der Waals surface area (Å²) in [5.74, 6) is 0.999. The van der Waals surface area contributed by atoms with Gasteiger partial charge in [-0.05, 0) is 36.5 Å². The molecule has 3 atom stereocenters. The van der Waals surface area contributed by atoms with Gasteiger partial charge in [0.1, 0.15) is 10.5 Å². The first-order chi connectivity index (χ1) is 12.0. The fourth-order valence-electron chi connectivity index (χ4n) is 3.69. The number of hydrogen-bond donors (Lipinski definition) is 1. The van der Waals surface area contributed by atoms with Crippen molar-refractivity contribution < 1.29 is 4.79 Å². The lowest BCUT2D eigenvalue weighted by molar-refractivity contribution is 0.0895. The van der Waals surface area contributed by atoms with Crippen molar-refractivity contribution in [3.63, 3.8) is 0 Å². The van der Waals surface area contributed by atoms with Crippen molar-refractivity contribution in [1.29, 1.82) is 0 Å². The third kappa shape index (κ3) is 2.84. The van der Waals surface area contributed by atoms with Crippen molar-refractivity contribution in [3.05, 3.63) is 45.7 Å². The van der Waals surface area contributed by atoms with Gasteiger partial charge in [0.25, 0.3) is 11.5 Å². The Balaban J connectivity index is 1.67. The Hall–Kier alpha value is -2.21. The van der Waals surface area contributed by atoms with Gasteiger partial charge in [-0.25, -0.2) is 4.98 Å². The first-order valence-electron chi connectivity index (χ1n) is 8.76. The zero-order valence-electron chi connectivity index (χ0n) is 14.4. The summed E-state index contributed by atoms with van der Waals surface area (Å²) in [6.07, 6.45) is 5.10. The van der Waals surface area contributed by atoms with Gasteiger partial charge in [-0.15, -0.1) is 11.3 Å². The number of hydrogen-bond acceptors (Lipinski definition) is 4. The number of carbonyl (C=O) groups is 1. The van der Waals surface area contributed by atoms with E-state index >= 15 is 0 Å². The molecule has 4 rings (SSSR count). The molecular weight excluding hydrogens is 334 g/mol. The number of nitrogens with zero attached hydrogens (tertiary/aromatic N) is 2. The molecule has 1 N–H and O–H groups in total. The molecule has 1 amide bonds. The lowest BCUT2D eigenvalue weighted by Gasteiger charge is -2.34. The third-order valence-corrected chi connectivity index (χ3v) is 6.49. The van der Waals surface area contributed by atoms with Crippen molar-refractivity contribution in [2.75, 3.05) is 0 Å². The zero-order chi connectivity index (χ0) is 17.6. The number of amides is 1. The average Bonchev–Trinajstić information content (AvgIpc) is 3.04. The molecule has 0 radical (unpaired) electrons. The average molecular weight is 355 g/mol. The Morgan fingerprint density at radius 1 is 1.32 bits per heavy atom. The minimum atomic E-state index is -0.129. The lowest BCUT2D eigenvalue weighted by Crippen LogP contribution is -2.43. The Kier molecular flexibility index (Phi) is 4.07. The summed E-state index contributed by atoms with van der Waals surface area (Å²) >= 11 is 1.29. The second-order valence-corrected chi connectivity index (χ2v) is 8.05. The van der Waals surface area contributed by atoms with Gasteiger partial charge < -0.3 is 5.32 Å². The molecule has 3 heterocycles. The molecule has 3 aromatic heterocycles.